The molecule has 0 unspecified atom stereocenters. The van der Waals surface area contributed by atoms with Gasteiger partial charge in [0, 0.05) is 68.5 Å². The van der Waals surface area contributed by atoms with Gasteiger partial charge >= 0.3 is 0 Å². The summed E-state index contributed by atoms with van der Waals surface area (Å²) in [5.74, 6) is 1.97. The van der Waals surface area contributed by atoms with Gasteiger partial charge < -0.3 is 25.2 Å². The Morgan fingerprint density at radius 3 is 2.04 bits per heavy atom. The number of rotatable bonds is 4. The molecule has 0 aliphatic carbocycles. The molecule has 4 aromatic carbocycles. The maximum absolute atomic E-state index is 10.2. The first kappa shape index (κ1) is 31.2. The molecule has 1 aliphatic heterocycles. The number of aromatic hydroxyl groups is 1. The number of hydrogen-bond donors (Lipinski definition) is 3. The van der Waals surface area contributed by atoms with E-state index in [1.165, 1.54) is 0 Å². The lowest BCUT2D eigenvalue weighted by atomic mass is 10.1. The highest BCUT2D eigenvalue weighted by Crippen LogP contribution is 2.23. The molecule has 0 saturated carbocycles. The number of pyridine rings is 1. The Morgan fingerprint density at radius 2 is 1.37 bits per heavy atom. The zero-order valence-corrected chi connectivity index (χ0v) is 26.1. The molecule has 8 nitrogen and oxygen atoms in total. The van der Waals surface area contributed by atoms with Crippen LogP contribution in [0, 0.1) is 0 Å². The van der Waals surface area contributed by atoms with Crippen LogP contribution in [-0.2, 0) is 26.3 Å². The number of hydrogen-bond acceptors (Lipinski definition) is 8. The Kier molecular flexibility index (Phi) is 10.9. The van der Waals surface area contributed by atoms with Gasteiger partial charge in [0.25, 0.3) is 0 Å². The maximum Gasteiger partial charge on any atom is 0.141 e. The molecule has 0 amide bonds. The summed E-state index contributed by atoms with van der Waals surface area (Å²) in [6.07, 6.45) is 1.79. The van der Waals surface area contributed by atoms with E-state index in [1.807, 2.05) is 48.5 Å². The number of aromatic nitrogens is 1. The van der Waals surface area contributed by atoms with E-state index < -0.39 is 0 Å². The van der Waals surface area contributed by atoms with Crippen LogP contribution in [0.3, 0.4) is 0 Å². The number of para-hydroxylation sites is 3. The third kappa shape index (κ3) is 8.69. The van der Waals surface area contributed by atoms with Gasteiger partial charge in [-0.25, -0.2) is 4.98 Å². The molecule has 2 heterocycles. The number of ether oxygens (including phenoxy) is 2. The highest BCUT2D eigenvalue weighted by atomic mass is 16.5. The molecule has 2 bridgehead atoms. The predicted molar refractivity (Wildman–Crippen MR) is 184 cm³/mol. The molecule has 0 saturated heterocycles. The molecule has 0 spiro atoms. The second-order valence-corrected chi connectivity index (χ2v) is 11.4. The first-order valence-corrected chi connectivity index (χ1v) is 15.9. The number of benzene rings is 4. The molecule has 0 radical (unpaired) electrons. The summed E-state index contributed by atoms with van der Waals surface area (Å²) in [4.78, 5) is 11.7. The standard InChI is InChI=1S/C38H41N5O3/c44-35-12-6-11-31-15-16-34(42-38(31)35)26-41-19-22-43-20-17-39-24-32-9-1-3-13-36(32)45-27-29-7-5-8-30(23-29)28-46-37-14-4-2-10-33(37)25-40-18-21-43/h1-16,23,26,39-40,44H,17-22,24-25,27-28H2. The van der Waals surface area contributed by atoms with Crippen LogP contribution >= 0.6 is 0 Å². The van der Waals surface area contributed by atoms with E-state index in [4.69, 9.17) is 9.47 Å². The molecule has 1 aromatic heterocycles. The van der Waals surface area contributed by atoms with Crippen LogP contribution in [0.2, 0.25) is 0 Å². The Labute approximate surface area is 270 Å². The predicted octanol–water partition coefficient (Wildman–Crippen LogP) is 5.71. The Bertz CT molecular complexity index is 1680. The van der Waals surface area contributed by atoms with E-state index in [1.54, 1.807) is 12.3 Å². The molecule has 1 aliphatic rings. The van der Waals surface area contributed by atoms with Crippen LogP contribution < -0.4 is 20.1 Å². The van der Waals surface area contributed by atoms with Crippen molar-refractivity contribution in [1.29, 1.82) is 0 Å². The first-order chi connectivity index (χ1) is 22.7. The fraction of sp³-hybridized carbons (Fsp3) is 0.263. The van der Waals surface area contributed by atoms with Crippen molar-refractivity contribution >= 4 is 17.1 Å². The van der Waals surface area contributed by atoms with Crippen LogP contribution in [0.5, 0.6) is 17.2 Å². The molecule has 6 rings (SSSR count). The lowest BCUT2D eigenvalue weighted by molar-refractivity contribution is 0.276. The fourth-order valence-corrected chi connectivity index (χ4v) is 5.54. The summed E-state index contributed by atoms with van der Waals surface area (Å²) >= 11 is 0. The van der Waals surface area contributed by atoms with Gasteiger partial charge in [0.15, 0.2) is 0 Å². The van der Waals surface area contributed by atoms with Crippen LogP contribution in [-0.4, -0.2) is 60.5 Å². The number of phenolic OH excluding ortho intramolecular Hbond substituents is 1. The van der Waals surface area contributed by atoms with E-state index in [9.17, 15) is 5.11 Å². The van der Waals surface area contributed by atoms with Crippen molar-refractivity contribution in [2.45, 2.75) is 26.3 Å². The van der Waals surface area contributed by atoms with Gasteiger partial charge in [0.05, 0.1) is 12.2 Å². The summed E-state index contributed by atoms with van der Waals surface area (Å²) in [5.41, 5.74) is 5.83. The van der Waals surface area contributed by atoms with Gasteiger partial charge in [-0.15, -0.1) is 0 Å². The SMILES string of the molecule is Oc1cccc2ccc(C=NCCN3CCNCc4ccccc4OCc4cccc(c4)COc4ccccc4CNCC3)nc12. The van der Waals surface area contributed by atoms with Crippen molar-refractivity contribution in [1.82, 2.24) is 20.5 Å². The van der Waals surface area contributed by atoms with Crippen molar-refractivity contribution < 1.29 is 14.6 Å². The molecule has 46 heavy (non-hydrogen) atoms. The monoisotopic (exact) mass is 615 g/mol. The summed E-state index contributed by atoms with van der Waals surface area (Å²) in [5, 5.41) is 18.3. The molecule has 8 heteroatoms. The highest BCUT2D eigenvalue weighted by Gasteiger charge is 2.09. The van der Waals surface area contributed by atoms with Crippen molar-refractivity contribution in [3.05, 3.63) is 131 Å². The van der Waals surface area contributed by atoms with Gasteiger partial charge in [-0.3, -0.25) is 9.89 Å². The van der Waals surface area contributed by atoms with E-state index in [0.29, 0.717) is 25.3 Å². The van der Waals surface area contributed by atoms with Crippen molar-refractivity contribution in [3.8, 4) is 17.2 Å². The lowest BCUT2D eigenvalue weighted by Gasteiger charge is -2.22. The van der Waals surface area contributed by atoms with E-state index >= 15 is 0 Å². The average Bonchev–Trinajstić information content (AvgIpc) is 3.09. The minimum atomic E-state index is 0.181. The number of aliphatic imine (C=N–C) groups is 1. The van der Waals surface area contributed by atoms with E-state index in [2.05, 4.69) is 74.0 Å². The van der Waals surface area contributed by atoms with Crippen molar-refractivity contribution in [3.63, 3.8) is 0 Å². The average molecular weight is 616 g/mol. The minimum absolute atomic E-state index is 0.181. The van der Waals surface area contributed by atoms with Crippen LogP contribution in [0.15, 0.2) is 108 Å². The van der Waals surface area contributed by atoms with E-state index in [-0.39, 0.29) is 5.75 Å². The number of fused-ring (bicyclic) bond motifs is 5. The molecule has 236 valence electrons. The van der Waals surface area contributed by atoms with E-state index in [0.717, 1.165) is 90.6 Å². The number of nitrogens with one attached hydrogen (secondary N) is 2. The normalized spacial score (nSPS) is 15.4. The van der Waals surface area contributed by atoms with Crippen molar-refractivity contribution in [2.75, 3.05) is 39.3 Å². The summed E-state index contributed by atoms with van der Waals surface area (Å²) in [7, 11) is 0. The third-order valence-corrected chi connectivity index (χ3v) is 8.06. The Morgan fingerprint density at radius 1 is 0.739 bits per heavy atom. The molecule has 5 aromatic rings. The smallest absolute Gasteiger partial charge is 0.141 e. The number of nitrogens with zero attached hydrogens (tertiary/aromatic N) is 3. The van der Waals surface area contributed by atoms with Crippen molar-refractivity contribution in [2.24, 2.45) is 4.99 Å². The molecular weight excluding hydrogens is 574 g/mol. The summed E-state index contributed by atoms with van der Waals surface area (Å²) < 4.78 is 12.6. The van der Waals surface area contributed by atoms with Gasteiger partial charge in [-0.1, -0.05) is 72.8 Å². The van der Waals surface area contributed by atoms with Crippen LogP contribution in [0.25, 0.3) is 10.9 Å². The second-order valence-electron chi connectivity index (χ2n) is 11.4. The minimum Gasteiger partial charge on any atom is -0.506 e. The Hall–Kier alpha value is -4.76. The first-order valence-electron chi connectivity index (χ1n) is 15.9. The second kappa shape index (κ2) is 16.0. The molecular formula is C38H41N5O3. The highest BCUT2D eigenvalue weighted by molar-refractivity contribution is 5.88. The van der Waals surface area contributed by atoms with Gasteiger partial charge in [0.2, 0.25) is 0 Å². The van der Waals surface area contributed by atoms with Crippen LogP contribution in [0.4, 0.5) is 0 Å². The van der Waals surface area contributed by atoms with Gasteiger partial charge in [-0.2, -0.15) is 0 Å². The van der Waals surface area contributed by atoms with Gasteiger partial charge in [0.1, 0.15) is 36.0 Å². The van der Waals surface area contributed by atoms with Gasteiger partial charge in [-0.05, 0) is 41.5 Å². The molecule has 0 fully saturated rings. The zero-order chi connectivity index (χ0) is 31.4. The number of phenols is 1. The topological polar surface area (TPSA) is 91.2 Å². The third-order valence-electron chi connectivity index (χ3n) is 8.06. The van der Waals surface area contributed by atoms with Crippen LogP contribution in [0.1, 0.15) is 27.9 Å². The molecule has 0 atom stereocenters. The summed E-state index contributed by atoms with van der Waals surface area (Å²) in [6.45, 7) is 7.35. The Balaban J connectivity index is 1.12. The largest absolute Gasteiger partial charge is 0.506 e. The maximum atomic E-state index is 10.2. The zero-order valence-electron chi connectivity index (χ0n) is 26.1. The fourth-order valence-electron chi connectivity index (χ4n) is 5.54. The molecule has 3 N–H and O–H groups in total. The quantitative estimate of drug-likeness (QED) is 0.223. The summed E-state index contributed by atoms with van der Waals surface area (Å²) in [6, 6.07) is 34.2. The lowest BCUT2D eigenvalue weighted by Crippen LogP contribution is -2.38.